The molecule has 0 saturated heterocycles. The number of fused-ring (bicyclic) bond motifs is 1. The smallest absolute Gasteiger partial charge is 0.258 e. The van der Waals surface area contributed by atoms with E-state index >= 15 is 0 Å². The number of anilines is 2. The van der Waals surface area contributed by atoms with Crippen molar-refractivity contribution in [2.45, 2.75) is 25.8 Å². The van der Waals surface area contributed by atoms with Crippen molar-refractivity contribution in [2.24, 2.45) is 5.73 Å². The highest BCUT2D eigenvalue weighted by Crippen LogP contribution is 2.38. The molecule has 3 aromatic carbocycles. The average Bonchev–Trinajstić information content (AvgIpc) is 3.06. The van der Waals surface area contributed by atoms with Crippen LogP contribution >= 0.6 is 0 Å². The Morgan fingerprint density at radius 1 is 1.12 bits per heavy atom. The van der Waals surface area contributed by atoms with E-state index in [-0.39, 0.29) is 12.3 Å². The number of hydrogen-bond acceptors (Lipinski definition) is 4. The van der Waals surface area contributed by atoms with Crippen molar-refractivity contribution < 1.29 is 9.18 Å². The normalized spacial score (nSPS) is 14.4. The first-order valence-electron chi connectivity index (χ1n) is 10.2. The van der Waals surface area contributed by atoms with Crippen LogP contribution in [0.15, 0.2) is 66.7 Å². The summed E-state index contributed by atoms with van der Waals surface area (Å²) in [5.74, 6) is -0.741. The van der Waals surface area contributed by atoms with Crippen LogP contribution < -0.4 is 16.4 Å². The molecule has 3 aromatic rings. The summed E-state index contributed by atoms with van der Waals surface area (Å²) >= 11 is 0. The van der Waals surface area contributed by atoms with Gasteiger partial charge in [0.05, 0.1) is 29.4 Å². The van der Waals surface area contributed by atoms with Crippen LogP contribution in [0.1, 0.15) is 36.1 Å². The van der Waals surface area contributed by atoms with Crippen LogP contribution in [-0.2, 0) is 16.8 Å². The largest absolute Gasteiger partial charge is 0.354 e. The van der Waals surface area contributed by atoms with Gasteiger partial charge < -0.3 is 16.4 Å². The molecule has 160 valence electrons. The molecule has 0 aliphatic carbocycles. The van der Waals surface area contributed by atoms with Crippen molar-refractivity contribution in [1.82, 2.24) is 0 Å². The Labute approximate surface area is 186 Å². The molecule has 6 heteroatoms. The molecule has 0 bridgehead atoms. The standard InChI is InChI=1S/C26H23FN4O/c1-26(2,29)18-6-9-20(10-7-18)30-24(17-5-3-4-16(14-17)12-13-28)23-21-11-8-19(27)15-22(21)31-25(23)32/h3-11,14-15,30H,12,29H2,1-2H3,(H,31,32)/b24-23-. The third-order valence-electron chi connectivity index (χ3n) is 5.37. The summed E-state index contributed by atoms with van der Waals surface area (Å²) in [4.78, 5) is 12.9. The zero-order chi connectivity index (χ0) is 22.9. The van der Waals surface area contributed by atoms with Crippen molar-refractivity contribution in [3.8, 4) is 6.07 Å². The molecule has 0 atom stereocenters. The van der Waals surface area contributed by atoms with Crippen molar-refractivity contribution in [2.75, 3.05) is 10.6 Å². The second-order valence-electron chi connectivity index (χ2n) is 8.35. The minimum atomic E-state index is -0.472. The van der Waals surface area contributed by atoms with Gasteiger partial charge in [0.2, 0.25) is 0 Å². The lowest BCUT2D eigenvalue weighted by molar-refractivity contribution is -0.110. The summed E-state index contributed by atoms with van der Waals surface area (Å²) in [5.41, 5.74) is 11.1. The summed E-state index contributed by atoms with van der Waals surface area (Å²) in [6.45, 7) is 3.87. The highest BCUT2D eigenvalue weighted by Gasteiger charge is 2.29. The zero-order valence-electron chi connectivity index (χ0n) is 17.9. The Bertz CT molecular complexity index is 1260. The molecule has 4 rings (SSSR count). The van der Waals surface area contributed by atoms with Crippen molar-refractivity contribution in [1.29, 1.82) is 5.26 Å². The third-order valence-corrected chi connectivity index (χ3v) is 5.37. The van der Waals surface area contributed by atoms with E-state index in [1.165, 1.54) is 12.1 Å². The van der Waals surface area contributed by atoms with E-state index < -0.39 is 11.4 Å². The lowest BCUT2D eigenvalue weighted by Gasteiger charge is -2.20. The van der Waals surface area contributed by atoms with Crippen LogP contribution in [-0.4, -0.2) is 5.91 Å². The Kier molecular flexibility index (Phi) is 5.52. The molecule has 0 aromatic heterocycles. The molecule has 0 unspecified atom stereocenters. The summed E-state index contributed by atoms with van der Waals surface area (Å²) in [5, 5.41) is 15.2. The fraction of sp³-hybridized carbons (Fsp3) is 0.154. The van der Waals surface area contributed by atoms with Gasteiger partial charge in [-0.05, 0) is 66.9 Å². The lowest BCUT2D eigenvalue weighted by Crippen LogP contribution is -2.28. The minimum Gasteiger partial charge on any atom is -0.354 e. The van der Waals surface area contributed by atoms with Gasteiger partial charge in [0, 0.05) is 16.8 Å². The molecule has 5 nitrogen and oxygen atoms in total. The van der Waals surface area contributed by atoms with Gasteiger partial charge in [0.1, 0.15) is 5.82 Å². The number of nitriles is 1. The molecule has 4 N–H and O–H groups in total. The summed E-state index contributed by atoms with van der Waals surface area (Å²) < 4.78 is 13.7. The molecular weight excluding hydrogens is 403 g/mol. The molecular formula is C26H23FN4O. The van der Waals surface area contributed by atoms with E-state index in [4.69, 9.17) is 11.0 Å². The molecule has 0 saturated carbocycles. The fourth-order valence-electron chi connectivity index (χ4n) is 3.73. The Hall–Kier alpha value is -3.95. The van der Waals surface area contributed by atoms with Crippen LogP contribution in [0.5, 0.6) is 0 Å². The van der Waals surface area contributed by atoms with Gasteiger partial charge >= 0.3 is 0 Å². The third kappa shape index (κ3) is 4.25. The SMILES string of the molecule is CC(C)(N)c1ccc(N/C(=C2\C(=O)Nc3cc(F)ccc32)c2cccc(CC#N)c2)cc1. The molecule has 0 spiro atoms. The van der Waals surface area contributed by atoms with Gasteiger partial charge in [0.25, 0.3) is 5.91 Å². The lowest BCUT2D eigenvalue weighted by atomic mass is 9.95. The second-order valence-corrected chi connectivity index (χ2v) is 8.35. The van der Waals surface area contributed by atoms with Crippen LogP contribution in [0.2, 0.25) is 0 Å². The van der Waals surface area contributed by atoms with Crippen molar-refractivity contribution >= 4 is 28.6 Å². The number of carbonyl (C=O) groups is 1. The zero-order valence-corrected chi connectivity index (χ0v) is 17.9. The molecule has 1 heterocycles. The van der Waals surface area contributed by atoms with Gasteiger partial charge in [-0.1, -0.05) is 30.3 Å². The number of rotatable bonds is 5. The predicted molar refractivity (Wildman–Crippen MR) is 125 cm³/mol. The second kappa shape index (κ2) is 8.29. The topological polar surface area (TPSA) is 90.9 Å². The summed E-state index contributed by atoms with van der Waals surface area (Å²) in [6.07, 6.45) is 0.255. The molecule has 1 aliphatic heterocycles. The van der Waals surface area contributed by atoms with Gasteiger partial charge in [-0.3, -0.25) is 4.79 Å². The monoisotopic (exact) mass is 426 g/mol. The quantitative estimate of drug-likeness (QED) is 0.500. The maximum atomic E-state index is 13.7. The summed E-state index contributed by atoms with van der Waals surface area (Å²) in [6, 6.07) is 21.6. The van der Waals surface area contributed by atoms with E-state index in [9.17, 15) is 9.18 Å². The van der Waals surface area contributed by atoms with Crippen LogP contribution in [0.3, 0.4) is 0 Å². The first kappa shape index (κ1) is 21.3. The van der Waals surface area contributed by atoms with Crippen molar-refractivity contribution in [3.63, 3.8) is 0 Å². The highest BCUT2D eigenvalue weighted by atomic mass is 19.1. The number of benzene rings is 3. The summed E-state index contributed by atoms with van der Waals surface area (Å²) in [7, 11) is 0. The van der Waals surface area contributed by atoms with Gasteiger partial charge in [-0.15, -0.1) is 0 Å². The molecule has 0 radical (unpaired) electrons. The average molecular weight is 426 g/mol. The first-order chi connectivity index (χ1) is 15.3. The number of carbonyl (C=O) groups excluding carboxylic acids is 1. The van der Waals surface area contributed by atoms with E-state index in [1.54, 1.807) is 6.07 Å². The number of amides is 1. The van der Waals surface area contributed by atoms with E-state index in [2.05, 4.69) is 16.7 Å². The van der Waals surface area contributed by atoms with Gasteiger partial charge in [-0.25, -0.2) is 4.39 Å². The molecule has 1 aliphatic rings. The fourth-order valence-corrected chi connectivity index (χ4v) is 3.73. The van der Waals surface area contributed by atoms with Crippen LogP contribution in [0, 0.1) is 17.1 Å². The van der Waals surface area contributed by atoms with E-state index in [1.807, 2.05) is 62.4 Å². The van der Waals surface area contributed by atoms with E-state index in [0.717, 1.165) is 22.4 Å². The maximum Gasteiger partial charge on any atom is 0.258 e. The number of hydrogen-bond donors (Lipinski definition) is 3. The maximum absolute atomic E-state index is 13.7. The first-order valence-corrected chi connectivity index (χ1v) is 10.2. The highest BCUT2D eigenvalue weighted by molar-refractivity contribution is 6.37. The van der Waals surface area contributed by atoms with Crippen molar-refractivity contribution in [3.05, 3.63) is 94.8 Å². The van der Waals surface area contributed by atoms with E-state index in [0.29, 0.717) is 22.5 Å². The van der Waals surface area contributed by atoms with Gasteiger partial charge in [-0.2, -0.15) is 5.26 Å². The predicted octanol–water partition coefficient (Wildman–Crippen LogP) is 5.02. The molecule has 1 amide bonds. The number of halogens is 1. The molecule has 0 fully saturated rings. The Balaban J connectivity index is 1.85. The number of nitrogens with zero attached hydrogens (tertiary/aromatic N) is 1. The number of nitrogens with two attached hydrogens (primary N) is 1. The molecule has 32 heavy (non-hydrogen) atoms. The number of nitrogens with one attached hydrogen (secondary N) is 2. The van der Waals surface area contributed by atoms with Crippen LogP contribution in [0.25, 0.3) is 11.3 Å². The Morgan fingerprint density at radius 2 is 1.88 bits per heavy atom. The van der Waals surface area contributed by atoms with Gasteiger partial charge in [0.15, 0.2) is 0 Å². The van der Waals surface area contributed by atoms with Crippen LogP contribution in [0.4, 0.5) is 15.8 Å². The minimum absolute atomic E-state index is 0.255. The Morgan fingerprint density at radius 3 is 2.56 bits per heavy atom.